The molecule has 0 fully saturated rings. The van der Waals surface area contributed by atoms with Crippen LogP contribution < -0.4 is 5.32 Å². The number of carbonyl (C=O) groups is 1. The van der Waals surface area contributed by atoms with E-state index in [4.69, 9.17) is 5.53 Å². The third-order valence-corrected chi connectivity index (χ3v) is 3.48. The van der Waals surface area contributed by atoms with Gasteiger partial charge >= 0.3 is 0 Å². The molecular weight excluding hydrogens is 220 g/mol. The highest BCUT2D eigenvalue weighted by atomic mass is 33.1. The third-order valence-electron chi connectivity index (χ3n) is 1.09. The smallest absolute Gasteiger partial charge is 0.243 e. The molecule has 0 heterocycles. The number of hydrogen-bond donors (Lipinski definition) is 1. The Balaban J connectivity index is 3.09. The lowest BCUT2D eigenvalue weighted by Crippen LogP contribution is -2.23. The van der Waals surface area contributed by atoms with Crippen molar-refractivity contribution in [2.45, 2.75) is 0 Å². The predicted molar refractivity (Wildman–Crippen MR) is 62.1 cm³/mol. The molecule has 1 amide bonds. The van der Waals surface area contributed by atoms with Crippen LogP contribution in [0.3, 0.4) is 0 Å². The molecule has 0 radical (unpaired) electrons. The fourth-order valence-electron chi connectivity index (χ4n) is 0.529. The van der Waals surface area contributed by atoms with Crippen molar-refractivity contribution in [3.8, 4) is 0 Å². The van der Waals surface area contributed by atoms with Crippen LogP contribution in [0.2, 0.25) is 0 Å². The summed E-state index contributed by atoms with van der Waals surface area (Å²) >= 11 is 0. The Morgan fingerprint density at radius 2 is 2.29 bits per heavy atom. The molecule has 5 nitrogen and oxygen atoms in total. The minimum absolute atomic E-state index is 0.148. The first kappa shape index (κ1) is 13.2. The van der Waals surface area contributed by atoms with Crippen LogP contribution in [0.25, 0.3) is 10.4 Å². The van der Waals surface area contributed by atoms with E-state index < -0.39 is 0 Å². The van der Waals surface area contributed by atoms with Gasteiger partial charge in [-0.15, -0.1) is 0 Å². The maximum absolute atomic E-state index is 10.7. The third kappa shape index (κ3) is 9.31. The highest BCUT2D eigenvalue weighted by Gasteiger charge is 1.93. The van der Waals surface area contributed by atoms with Crippen molar-refractivity contribution in [1.82, 2.24) is 5.32 Å². The zero-order valence-electron chi connectivity index (χ0n) is 7.68. The molecule has 0 unspecified atom stereocenters. The molecule has 0 aliphatic heterocycles. The van der Waals surface area contributed by atoms with Crippen LogP contribution in [0, 0.1) is 0 Å². The average Bonchev–Trinajstić information content (AvgIpc) is 2.21. The van der Waals surface area contributed by atoms with Crippen molar-refractivity contribution in [2.75, 3.05) is 24.6 Å². The molecule has 0 aliphatic rings. The zero-order valence-corrected chi connectivity index (χ0v) is 9.31. The SMILES string of the molecule is C=CC(=O)NCCSSCCN=[N+]=[N-]. The Kier molecular flexibility index (Phi) is 9.73. The van der Waals surface area contributed by atoms with Gasteiger partial charge in [-0.05, 0) is 11.6 Å². The highest BCUT2D eigenvalue weighted by molar-refractivity contribution is 8.76. The molecule has 0 aromatic carbocycles. The summed E-state index contributed by atoms with van der Waals surface area (Å²) in [7, 11) is 3.27. The average molecular weight is 232 g/mol. The van der Waals surface area contributed by atoms with Gasteiger partial charge in [-0.1, -0.05) is 33.3 Å². The van der Waals surface area contributed by atoms with E-state index in [0.29, 0.717) is 13.1 Å². The number of amides is 1. The first-order chi connectivity index (χ1) is 6.81. The van der Waals surface area contributed by atoms with E-state index in [1.807, 2.05) is 0 Å². The molecule has 1 N–H and O–H groups in total. The minimum atomic E-state index is -0.148. The van der Waals surface area contributed by atoms with Crippen molar-refractivity contribution >= 4 is 27.5 Å². The maximum Gasteiger partial charge on any atom is 0.243 e. The fourth-order valence-corrected chi connectivity index (χ4v) is 2.29. The van der Waals surface area contributed by atoms with E-state index in [2.05, 4.69) is 21.9 Å². The van der Waals surface area contributed by atoms with Gasteiger partial charge in [0.05, 0.1) is 0 Å². The van der Waals surface area contributed by atoms with Crippen molar-refractivity contribution in [3.63, 3.8) is 0 Å². The number of nitrogens with one attached hydrogen (secondary N) is 1. The number of rotatable bonds is 8. The fraction of sp³-hybridized carbons (Fsp3) is 0.571. The molecule has 0 saturated heterocycles. The summed E-state index contributed by atoms with van der Waals surface area (Å²) in [5, 5.41) is 6.06. The molecule has 0 spiro atoms. The maximum atomic E-state index is 10.7. The van der Waals surface area contributed by atoms with E-state index in [0.717, 1.165) is 11.5 Å². The van der Waals surface area contributed by atoms with Crippen molar-refractivity contribution in [2.24, 2.45) is 5.11 Å². The van der Waals surface area contributed by atoms with Crippen molar-refractivity contribution in [3.05, 3.63) is 23.1 Å². The molecule has 0 saturated carbocycles. The van der Waals surface area contributed by atoms with Crippen LogP contribution in [-0.2, 0) is 4.79 Å². The molecule has 14 heavy (non-hydrogen) atoms. The van der Waals surface area contributed by atoms with Gasteiger partial charge < -0.3 is 5.32 Å². The molecule has 0 rings (SSSR count). The molecular formula is C7H12N4OS2. The quantitative estimate of drug-likeness (QED) is 0.173. The number of nitrogens with zero attached hydrogens (tertiary/aromatic N) is 3. The molecule has 7 heteroatoms. The van der Waals surface area contributed by atoms with E-state index >= 15 is 0 Å². The van der Waals surface area contributed by atoms with E-state index in [1.165, 1.54) is 6.08 Å². The summed E-state index contributed by atoms with van der Waals surface area (Å²) in [4.78, 5) is 13.3. The Hall–Kier alpha value is -0.780. The van der Waals surface area contributed by atoms with Gasteiger partial charge in [0.1, 0.15) is 0 Å². The van der Waals surface area contributed by atoms with Gasteiger partial charge in [0.2, 0.25) is 5.91 Å². The summed E-state index contributed by atoms with van der Waals surface area (Å²) in [6.07, 6.45) is 1.25. The lowest BCUT2D eigenvalue weighted by Gasteiger charge is -2.00. The molecule has 78 valence electrons. The number of azide groups is 1. The van der Waals surface area contributed by atoms with Gasteiger partial charge in [-0.25, -0.2) is 0 Å². The Morgan fingerprint density at radius 3 is 2.93 bits per heavy atom. The lowest BCUT2D eigenvalue weighted by atomic mass is 10.6. The van der Waals surface area contributed by atoms with Crippen LogP contribution in [0.1, 0.15) is 0 Å². The summed E-state index contributed by atoms with van der Waals surface area (Å²) in [6.45, 7) is 4.48. The first-order valence-corrected chi connectivity index (χ1v) is 6.45. The second kappa shape index (κ2) is 10.3. The monoisotopic (exact) mass is 232 g/mol. The molecule has 0 bridgehead atoms. The summed E-state index contributed by atoms with van der Waals surface area (Å²) < 4.78 is 0. The van der Waals surface area contributed by atoms with E-state index in [-0.39, 0.29) is 5.91 Å². The van der Waals surface area contributed by atoms with Gasteiger partial charge in [0.15, 0.2) is 0 Å². The molecule has 0 atom stereocenters. The lowest BCUT2D eigenvalue weighted by molar-refractivity contribution is -0.116. The Bertz CT molecular complexity index is 228. The topological polar surface area (TPSA) is 77.9 Å². The molecule has 0 aromatic rings. The van der Waals surface area contributed by atoms with Gasteiger partial charge in [0, 0.05) is 29.5 Å². The zero-order chi connectivity index (χ0) is 10.6. The van der Waals surface area contributed by atoms with Crippen molar-refractivity contribution in [1.29, 1.82) is 0 Å². The van der Waals surface area contributed by atoms with Crippen LogP contribution in [0.15, 0.2) is 17.8 Å². The van der Waals surface area contributed by atoms with Gasteiger partial charge in [-0.3, -0.25) is 4.79 Å². The van der Waals surface area contributed by atoms with Crippen LogP contribution in [0.5, 0.6) is 0 Å². The minimum Gasteiger partial charge on any atom is -0.352 e. The molecule has 0 aliphatic carbocycles. The summed E-state index contributed by atoms with van der Waals surface area (Å²) in [5.74, 6) is 1.48. The second-order valence-corrected chi connectivity index (χ2v) is 4.80. The summed E-state index contributed by atoms with van der Waals surface area (Å²) in [5.41, 5.74) is 7.98. The Labute approximate surface area is 90.7 Å². The van der Waals surface area contributed by atoms with E-state index in [1.54, 1.807) is 21.6 Å². The normalized spacial score (nSPS) is 8.86. The highest BCUT2D eigenvalue weighted by Crippen LogP contribution is 2.19. The number of hydrogen-bond acceptors (Lipinski definition) is 4. The number of carbonyl (C=O) groups excluding carboxylic acids is 1. The van der Waals surface area contributed by atoms with Gasteiger partial charge in [-0.2, -0.15) is 0 Å². The van der Waals surface area contributed by atoms with E-state index in [9.17, 15) is 4.79 Å². The van der Waals surface area contributed by atoms with Gasteiger partial charge in [0.25, 0.3) is 0 Å². The second-order valence-electron chi connectivity index (χ2n) is 2.09. The predicted octanol–water partition coefficient (Wildman–Crippen LogP) is 1.98. The van der Waals surface area contributed by atoms with Crippen LogP contribution >= 0.6 is 21.6 Å². The summed E-state index contributed by atoms with van der Waals surface area (Å²) in [6, 6.07) is 0. The van der Waals surface area contributed by atoms with Crippen LogP contribution in [-0.4, -0.2) is 30.5 Å². The Morgan fingerprint density at radius 1 is 1.57 bits per heavy atom. The largest absolute Gasteiger partial charge is 0.352 e. The molecule has 0 aromatic heterocycles. The van der Waals surface area contributed by atoms with Crippen molar-refractivity contribution < 1.29 is 4.79 Å². The standard InChI is InChI=1S/C7H12N4OS2/c1-2-7(12)9-3-5-13-14-6-4-10-11-8/h2H,1,3-6H2,(H,9,12). The first-order valence-electron chi connectivity index (χ1n) is 3.96. The van der Waals surface area contributed by atoms with Crippen LogP contribution in [0.4, 0.5) is 0 Å².